The Kier molecular flexibility index (Phi) is 5.06. The minimum Gasteiger partial charge on any atom is -0.496 e. The molecule has 0 bridgehead atoms. The molecule has 2 amide bonds. The zero-order valence-electron chi connectivity index (χ0n) is 14.9. The van der Waals surface area contributed by atoms with Crippen LogP contribution in [-0.4, -0.2) is 46.4 Å². The normalized spacial score (nSPS) is 19.7. The summed E-state index contributed by atoms with van der Waals surface area (Å²) < 4.78 is 10.4. The van der Waals surface area contributed by atoms with Gasteiger partial charge < -0.3 is 24.6 Å². The van der Waals surface area contributed by atoms with Gasteiger partial charge in [-0.05, 0) is 18.6 Å². The number of β-amino-alcohol motifs (C(OH)–C–C–N with tert-alkyl or cyclic N) is 1. The molecule has 9 heteroatoms. The summed E-state index contributed by atoms with van der Waals surface area (Å²) in [5.41, 5.74) is -0.00302. The Morgan fingerprint density at radius 2 is 2.31 bits per heavy atom. The Labute approximate surface area is 156 Å². The number of carbonyl (C=O) groups excluding carboxylic acids is 1. The number of nitrogens with zero attached hydrogens (tertiary/aromatic N) is 3. The molecule has 26 heavy (non-hydrogen) atoms. The maximum absolute atomic E-state index is 12.6. The van der Waals surface area contributed by atoms with E-state index in [1.54, 1.807) is 19.2 Å². The standard InChI is InChI=1S/C17H21ClN4O4/c1-4-14-20-15(26-21-14)17(24)5-6-22(9-17)16(23)19-12-7-10(2)13(25-3)8-11(12)18/h7-8,24H,4-6,9H2,1-3H3,(H,19,23). The maximum atomic E-state index is 12.6. The van der Waals surface area contributed by atoms with E-state index in [-0.39, 0.29) is 18.5 Å². The number of nitrogens with one attached hydrogen (secondary N) is 1. The number of hydrogen-bond acceptors (Lipinski definition) is 6. The zero-order chi connectivity index (χ0) is 18.9. The van der Waals surface area contributed by atoms with Crippen LogP contribution in [0, 0.1) is 6.92 Å². The Morgan fingerprint density at radius 3 is 2.96 bits per heavy atom. The lowest BCUT2D eigenvalue weighted by atomic mass is 10.0. The number of amides is 2. The fraction of sp³-hybridized carbons (Fsp3) is 0.471. The van der Waals surface area contributed by atoms with Crippen molar-refractivity contribution < 1.29 is 19.2 Å². The molecule has 1 unspecified atom stereocenters. The van der Waals surface area contributed by atoms with Crippen LogP contribution in [0.25, 0.3) is 0 Å². The summed E-state index contributed by atoms with van der Waals surface area (Å²) in [6.45, 7) is 4.18. The van der Waals surface area contributed by atoms with Crippen molar-refractivity contribution >= 4 is 23.3 Å². The molecule has 1 aromatic heterocycles. The summed E-state index contributed by atoms with van der Waals surface area (Å²) >= 11 is 6.21. The number of anilines is 1. The Morgan fingerprint density at radius 1 is 1.54 bits per heavy atom. The topological polar surface area (TPSA) is 101 Å². The number of aromatic nitrogens is 2. The van der Waals surface area contributed by atoms with Crippen LogP contribution < -0.4 is 10.1 Å². The van der Waals surface area contributed by atoms with E-state index in [4.69, 9.17) is 20.9 Å². The van der Waals surface area contributed by atoms with Crippen LogP contribution in [0.2, 0.25) is 5.02 Å². The van der Waals surface area contributed by atoms with Crippen molar-refractivity contribution in [1.82, 2.24) is 15.0 Å². The van der Waals surface area contributed by atoms with Gasteiger partial charge in [-0.25, -0.2) is 4.79 Å². The maximum Gasteiger partial charge on any atom is 0.322 e. The first-order chi connectivity index (χ1) is 12.4. The van der Waals surface area contributed by atoms with Crippen molar-refractivity contribution in [1.29, 1.82) is 0 Å². The van der Waals surface area contributed by atoms with Crippen molar-refractivity contribution in [2.75, 3.05) is 25.5 Å². The molecule has 3 rings (SSSR count). The zero-order valence-corrected chi connectivity index (χ0v) is 15.6. The number of aryl methyl sites for hydroxylation is 2. The number of urea groups is 1. The monoisotopic (exact) mass is 380 g/mol. The summed E-state index contributed by atoms with van der Waals surface area (Å²) in [7, 11) is 1.56. The van der Waals surface area contributed by atoms with Crippen LogP contribution in [0.4, 0.5) is 10.5 Å². The highest BCUT2D eigenvalue weighted by Crippen LogP contribution is 2.33. The molecule has 2 heterocycles. The number of rotatable bonds is 4. The first kappa shape index (κ1) is 18.5. The van der Waals surface area contributed by atoms with Gasteiger partial charge in [-0.1, -0.05) is 23.7 Å². The summed E-state index contributed by atoms with van der Waals surface area (Å²) in [5, 5.41) is 17.7. The highest BCUT2D eigenvalue weighted by molar-refractivity contribution is 6.33. The van der Waals surface area contributed by atoms with Gasteiger partial charge in [0, 0.05) is 25.5 Å². The first-order valence-electron chi connectivity index (χ1n) is 8.32. The lowest BCUT2D eigenvalue weighted by Crippen LogP contribution is -2.37. The second-order valence-electron chi connectivity index (χ2n) is 6.30. The van der Waals surface area contributed by atoms with Gasteiger partial charge >= 0.3 is 6.03 Å². The van der Waals surface area contributed by atoms with Gasteiger partial charge in [0.15, 0.2) is 11.4 Å². The van der Waals surface area contributed by atoms with Crippen LogP contribution in [0.5, 0.6) is 5.75 Å². The lowest BCUT2D eigenvalue weighted by Gasteiger charge is -2.21. The molecule has 0 radical (unpaired) electrons. The number of aliphatic hydroxyl groups is 1. The fourth-order valence-electron chi connectivity index (χ4n) is 2.90. The fourth-order valence-corrected chi connectivity index (χ4v) is 3.10. The van der Waals surface area contributed by atoms with Gasteiger partial charge in [-0.15, -0.1) is 0 Å². The number of hydrogen-bond donors (Lipinski definition) is 2. The van der Waals surface area contributed by atoms with Crippen LogP contribution in [-0.2, 0) is 12.0 Å². The molecule has 1 saturated heterocycles. The number of halogens is 1. The van der Waals surface area contributed by atoms with Gasteiger partial charge in [0.2, 0.25) is 0 Å². The van der Waals surface area contributed by atoms with Crippen LogP contribution in [0.1, 0.15) is 30.6 Å². The minimum atomic E-state index is -1.34. The lowest BCUT2D eigenvalue weighted by molar-refractivity contribution is 0.0171. The van der Waals surface area contributed by atoms with Gasteiger partial charge in [0.05, 0.1) is 24.4 Å². The predicted molar refractivity (Wildman–Crippen MR) is 95.5 cm³/mol. The van der Waals surface area contributed by atoms with Crippen LogP contribution in [0.15, 0.2) is 16.7 Å². The summed E-state index contributed by atoms with van der Waals surface area (Å²) in [4.78, 5) is 18.2. The Hall–Kier alpha value is -2.32. The predicted octanol–water partition coefficient (Wildman–Crippen LogP) is 2.73. The second kappa shape index (κ2) is 7.13. The number of carbonyl (C=O) groups is 1. The molecular weight excluding hydrogens is 360 g/mol. The molecule has 0 spiro atoms. The molecule has 140 valence electrons. The van der Waals surface area contributed by atoms with Gasteiger partial charge in [-0.2, -0.15) is 4.98 Å². The first-order valence-corrected chi connectivity index (χ1v) is 8.69. The van der Waals surface area contributed by atoms with Crippen molar-refractivity contribution in [3.8, 4) is 5.75 Å². The van der Waals surface area contributed by atoms with Crippen molar-refractivity contribution in [2.24, 2.45) is 0 Å². The van der Waals surface area contributed by atoms with E-state index >= 15 is 0 Å². The number of methoxy groups -OCH3 is 1. The van der Waals surface area contributed by atoms with E-state index < -0.39 is 5.60 Å². The third kappa shape index (κ3) is 3.47. The number of benzene rings is 1. The third-order valence-electron chi connectivity index (χ3n) is 4.44. The average molecular weight is 381 g/mol. The highest BCUT2D eigenvalue weighted by Gasteiger charge is 2.44. The van der Waals surface area contributed by atoms with E-state index in [1.165, 1.54) is 4.90 Å². The molecule has 1 aliphatic rings. The summed E-state index contributed by atoms with van der Waals surface area (Å²) in [6.07, 6.45) is 0.931. The second-order valence-corrected chi connectivity index (χ2v) is 6.71. The summed E-state index contributed by atoms with van der Waals surface area (Å²) in [6, 6.07) is 3.03. The third-order valence-corrected chi connectivity index (χ3v) is 4.76. The van der Waals surface area contributed by atoms with E-state index in [0.717, 1.165) is 5.56 Å². The Balaban J connectivity index is 1.71. The summed E-state index contributed by atoms with van der Waals surface area (Å²) in [5.74, 6) is 1.31. The molecule has 8 nitrogen and oxygen atoms in total. The van der Waals surface area contributed by atoms with Gasteiger partial charge in [0.25, 0.3) is 5.89 Å². The molecule has 1 atom stereocenters. The van der Waals surface area contributed by atoms with E-state index in [9.17, 15) is 9.90 Å². The molecule has 2 N–H and O–H groups in total. The van der Waals surface area contributed by atoms with E-state index in [1.807, 2.05) is 13.8 Å². The SMILES string of the molecule is CCc1noc(C2(O)CCN(C(=O)Nc3cc(C)c(OC)cc3Cl)C2)n1. The minimum absolute atomic E-state index is 0.0664. The molecule has 1 aliphatic heterocycles. The molecular formula is C17H21ClN4O4. The average Bonchev–Trinajstić information content (AvgIpc) is 3.25. The molecule has 2 aromatic rings. The van der Waals surface area contributed by atoms with E-state index in [2.05, 4.69) is 15.5 Å². The number of ether oxygens (including phenoxy) is 1. The van der Waals surface area contributed by atoms with Crippen molar-refractivity contribution in [3.63, 3.8) is 0 Å². The molecule has 1 fully saturated rings. The van der Waals surface area contributed by atoms with Crippen molar-refractivity contribution in [2.45, 2.75) is 32.3 Å². The van der Waals surface area contributed by atoms with E-state index in [0.29, 0.717) is 41.7 Å². The largest absolute Gasteiger partial charge is 0.496 e. The highest BCUT2D eigenvalue weighted by atomic mass is 35.5. The quantitative estimate of drug-likeness (QED) is 0.845. The molecule has 0 saturated carbocycles. The van der Waals surface area contributed by atoms with Gasteiger partial charge in [0.1, 0.15) is 5.75 Å². The Bertz CT molecular complexity index is 825. The smallest absolute Gasteiger partial charge is 0.322 e. The van der Waals surface area contributed by atoms with Crippen LogP contribution >= 0.6 is 11.6 Å². The molecule has 0 aliphatic carbocycles. The van der Waals surface area contributed by atoms with Gasteiger partial charge in [-0.3, -0.25) is 0 Å². The number of likely N-dealkylation sites (tertiary alicyclic amines) is 1. The van der Waals surface area contributed by atoms with Crippen molar-refractivity contribution in [3.05, 3.63) is 34.4 Å². The van der Waals surface area contributed by atoms with Crippen LogP contribution in [0.3, 0.4) is 0 Å². The molecule has 1 aromatic carbocycles.